The minimum absolute atomic E-state index is 0.0787. The van der Waals surface area contributed by atoms with Gasteiger partial charge in [0.25, 0.3) is 0 Å². The molecule has 0 amide bonds. The molecule has 1 unspecified atom stereocenters. The van der Waals surface area contributed by atoms with Gasteiger partial charge in [0.15, 0.2) is 0 Å². The predicted octanol–water partition coefficient (Wildman–Crippen LogP) is 3.46. The van der Waals surface area contributed by atoms with Gasteiger partial charge >= 0.3 is 5.97 Å². The van der Waals surface area contributed by atoms with Crippen LogP contribution in [0.5, 0.6) is 5.75 Å². The highest BCUT2D eigenvalue weighted by Gasteiger charge is 2.16. The molecule has 1 aliphatic heterocycles. The van der Waals surface area contributed by atoms with Crippen molar-refractivity contribution in [3.63, 3.8) is 0 Å². The topological polar surface area (TPSA) is 55.8 Å². The smallest absolute Gasteiger partial charge is 0.308 e. The third kappa shape index (κ3) is 3.87. The third-order valence-electron chi connectivity index (χ3n) is 3.64. The van der Waals surface area contributed by atoms with Crippen LogP contribution in [0.4, 0.5) is 0 Å². The van der Waals surface area contributed by atoms with Crippen LogP contribution in [0.2, 0.25) is 0 Å². The fraction of sp³-hybridized carbons (Fsp3) is 0.353. The lowest BCUT2D eigenvalue weighted by atomic mass is 10.1. The molecule has 1 N–H and O–H groups in total. The van der Waals surface area contributed by atoms with Crippen LogP contribution in [0, 0.1) is 5.92 Å². The normalized spacial score (nSPS) is 17.5. The number of carboxylic acid groups (broad SMARTS) is 1. The Balaban J connectivity index is 1.60. The van der Waals surface area contributed by atoms with Crippen LogP contribution in [0.3, 0.4) is 0 Å². The van der Waals surface area contributed by atoms with E-state index in [2.05, 4.69) is 0 Å². The lowest BCUT2D eigenvalue weighted by Gasteiger charge is -2.10. The summed E-state index contributed by atoms with van der Waals surface area (Å²) in [6.45, 7) is 2.32. The van der Waals surface area contributed by atoms with Crippen molar-refractivity contribution in [2.24, 2.45) is 5.92 Å². The van der Waals surface area contributed by atoms with Gasteiger partial charge in [-0.15, -0.1) is 11.3 Å². The van der Waals surface area contributed by atoms with Crippen molar-refractivity contribution in [3.05, 3.63) is 41.3 Å². The maximum absolute atomic E-state index is 10.7. The molecule has 1 aliphatic rings. The molecule has 4 nitrogen and oxygen atoms in total. The number of benzene rings is 1. The van der Waals surface area contributed by atoms with Gasteiger partial charge in [0.2, 0.25) is 0 Å². The zero-order chi connectivity index (χ0) is 15.4. The minimum Gasteiger partial charge on any atom is -0.493 e. The molecule has 0 radical (unpaired) electrons. The molecule has 0 saturated carbocycles. The summed E-state index contributed by atoms with van der Waals surface area (Å²) < 4.78 is 11.1. The second-order valence-corrected chi connectivity index (χ2v) is 6.57. The van der Waals surface area contributed by atoms with Gasteiger partial charge in [-0.25, -0.2) is 0 Å². The van der Waals surface area contributed by atoms with Crippen molar-refractivity contribution in [1.82, 2.24) is 0 Å². The fourth-order valence-electron chi connectivity index (χ4n) is 2.42. The monoisotopic (exact) mass is 318 g/mol. The lowest BCUT2D eigenvalue weighted by molar-refractivity contribution is -0.136. The Morgan fingerprint density at radius 2 is 2.09 bits per heavy atom. The molecule has 1 saturated heterocycles. The molecule has 1 fully saturated rings. The van der Waals surface area contributed by atoms with E-state index in [0.29, 0.717) is 12.5 Å². The van der Waals surface area contributed by atoms with Gasteiger partial charge in [0, 0.05) is 22.3 Å². The van der Waals surface area contributed by atoms with Crippen LogP contribution in [0.25, 0.3) is 10.4 Å². The van der Waals surface area contributed by atoms with E-state index in [-0.39, 0.29) is 6.42 Å². The Kier molecular flexibility index (Phi) is 4.75. The number of ether oxygens (including phenoxy) is 2. The van der Waals surface area contributed by atoms with Crippen molar-refractivity contribution in [1.29, 1.82) is 0 Å². The maximum atomic E-state index is 10.7. The van der Waals surface area contributed by atoms with Crippen LogP contribution < -0.4 is 4.74 Å². The van der Waals surface area contributed by atoms with Crippen LogP contribution in [0.1, 0.15) is 11.3 Å². The first kappa shape index (κ1) is 15.1. The van der Waals surface area contributed by atoms with Gasteiger partial charge in [-0.3, -0.25) is 4.79 Å². The van der Waals surface area contributed by atoms with Crippen molar-refractivity contribution >= 4 is 17.3 Å². The zero-order valence-corrected chi connectivity index (χ0v) is 13.0. The molecule has 2 heterocycles. The fourth-order valence-corrected chi connectivity index (χ4v) is 3.43. The summed E-state index contributed by atoms with van der Waals surface area (Å²) in [5, 5.41) is 8.81. The summed E-state index contributed by atoms with van der Waals surface area (Å²) in [5.74, 6) is 0.557. The largest absolute Gasteiger partial charge is 0.493 e. The first-order chi connectivity index (χ1) is 10.7. The summed E-state index contributed by atoms with van der Waals surface area (Å²) in [5.41, 5.74) is 1.08. The van der Waals surface area contributed by atoms with E-state index in [1.165, 1.54) is 11.3 Å². The number of carboxylic acids is 1. The Hall–Kier alpha value is -1.85. The summed E-state index contributed by atoms with van der Waals surface area (Å²) in [7, 11) is 0. The van der Waals surface area contributed by atoms with E-state index in [0.717, 1.165) is 40.7 Å². The average molecular weight is 318 g/mol. The van der Waals surface area contributed by atoms with Crippen molar-refractivity contribution in [2.75, 3.05) is 19.8 Å². The summed E-state index contributed by atoms with van der Waals surface area (Å²) >= 11 is 1.52. The van der Waals surface area contributed by atoms with Gasteiger partial charge < -0.3 is 14.6 Å². The number of hydrogen-bond acceptors (Lipinski definition) is 4. The number of aliphatic carboxylic acids is 1. The molecule has 3 rings (SSSR count). The van der Waals surface area contributed by atoms with Crippen LogP contribution in [-0.4, -0.2) is 30.9 Å². The highest BCUT2D eigenvalue weighted by atomic mass is 32.1. The van der Waals surface area contributed by atoms with Gasteiger partial charge in [-0.05, 0) is 48.4 Å². The highest BCUT2D eigenvalue weighted by Crippen LogP contribution is 2.30. The Bertz CT molecular complexity index is 626. The Labute approximate surface area is 133 Å². The lowest BCUT2D eigenvalue weighted by Crippen LogP contribution is -2.11. The minimum atomic E-state index is -0.798. The van der Waals surface area contributed by atoms with E-state index in [1.807, 2.05) is 36.4 Å². The average Bonchev–Trinajstić information content (AvgIpc) is 3.16. The van der Waals surface area contributed by atoms with Crippen molar-refractivity contribution in [3.8, 4) is 16.2 Å². The molecule has 1 atom stereocenters. The van der Waals surface area contributed by atoms with Crippen molar-refractivity contribution < 1.29 is 19.4 Å². The summed E-state index contributed by atoms with van der Waals surface area (Å²) in [6, 6.07) is 11.8. The molecule has 22 heavy (non-hydrogen) atoms. The molecule has 0 spiro atoms. The number of thiophene rings is 1. The van der Waals surface area contributed by atoms with E-state index in [9.17, 15) is 4.79 Å². The molecule has 2 aromatic rings. The van der Waals surface area contributed by atoms with E-state index in [1.54, 1.807) is 0 Å². The molecule has 1 aromatic carbocycles. The van der Waals surface area contributed by atoms with E-state index >= 15 is 0 Å². The molecule has 5 heteroatoms. The predicted molar refractivity (Wildman–Crippen MR) is 85.5 cm³/mol. The zero-order valence-electron chi connectivity index (χ0n) is 12.2. The van der Waals surface area contributed by atoms with Crippen LogP contribution in [-0.2, 0) is 16.0 Å². The second-order valence-electron chi connectivity index (χ2n) is 5.40. The number of rotatable bonds is 6. The van der Waals surface area contributed by atoms with Gasteiger partial charge in [-0.2, -0.15) is 0 Å². The summed E-state index contributed by atoms with van der Waals surface area (Å²) in [6.07, 6.45) is 1.15. The molecule has 116 valence electrons. The highest BCUT2D eigenvalue weighted by molar-refractivity contribution is 7.15. The molecule has 0 bridgehead atoms. The number of carbonyl (C=O) groups is 1. The molecule has 1 aromatic heterocycles. The van der Waals surface area contributed by atoms with E-state index < -0.39 is 5.97 Å². The summed E-state index contributed by atoms with van der Waals surface area (Å²) in [4.78, 5) is 12.7. The second kappa shape index (κ2) is 6.94. The van der Waals surface area contributed by atoms with Gasteiger partial charge in [0.05, 0.1) is 19.6 Å². The first-order valence-electron chi connectivity index (χ1n) is 7.32. The maximum Gasteiger partial charge on any atom is 0.308 e. The standard InChI is InChI=1S/C17H18O4S/c18-17(19)9-15-5-6-16(22-15)13-1-3-14(4-2-13)21-11-12-7-8-20-10-12/h1-6,12H,7-11H2,(H,18,19). The van der Waals surface area contributed by atoms with Gasteiger partial charge in [0.1, 0.15) is 5.75 Å². The first-order valence-corrected chi connectivity index (χ1v) is 8.14. The van der Waals surface area contributed by atoms with Crippen molar-refractivity contribution in [2.45, 2.75) is 12.8 Å². The third-order valence-corrected chi connectivity index (χ3v) is 4.77. The molecular weight excluding hydrogens is 300 g/mol. The van der Waals surface area contributed by atoms with Crippen LogP contribution >= 0.6 is 11.3 Å². The Morgan fingerprint density at radius 1 is 1.27 bits per heavy atom. The molecule has 0 aliphatic carbocycles. The van der Waals surface area contributed by atoms with E-state index in [4.69, 9.17) is 14.6 Å². The Morgan fingerprint density at radius 3 is 2.77 bits per heavy atom. The van der Waals surface area contributed by atoms with Gasteiger partial charge in [-0.1, -0.05) is 0 Å². The molecular formula is C17H18O4S. The number of hydrogen-bond donors (Lipinski definition) is 1. The SMILES string of the molecule is O=C(O)Cc1ccc(-c2ccc(OCC3CCOC3)cc2)s1. The van der Waals surface area contributed by atoms with Crippen LogP contribution in [0.15, 0.2) is 36.4 Å². The quantitative estimate of drug-likeness (QED) is 0.886.